The molecule has 0 atom stereocenters. The van der Waals surface area contributed by atoms with Crippen LogP contribution < -0.4 is 0 Å². The summed E-state index contributed by atoms with van der Waals surface area (Å²) in [6, 6.07) is 1.31. The average Bonchev–Trinajstić information content (AvgIpc) is 2.78. The van der Waals surface area contributed by atoms with Crippen LogP contribution in [-0.4, -0.2) is 45.5 Å². The van der Waals surface area contributed by atoms with Gasteiger partial charge in [-0.25, -0.2) is 8.42 Å². The quantitative estimate of drug-likeness (QED) is 0.768. The van der Waals surface area contributed by atoms with Crippen LogP contribution in [0.2, 0.25) is 0 Å². The third-order valence-electron chi connectivity index (χ3n) is 2.36. The van der Waals surface area contributed by atoms with E-state index in [9.17, 15) is 13.2 Å². The van der Waals surface area contributed by atoms with E-state index in [4.69, 9.17) is 15.4 Å². The fourth-order valence-electron chi connectivity index (χ4n) is 1.51. The Morgan fingerprint density at radius 2 is 2.06 bits per heavy atom. The zero-order valence-electron chi connectivity index (χ0n) is 8.76. The molecule has 0 radical (unpaired) electrons. The minimum atomic E-state index is -3.75. The number of hydrogen-bond acceptors (Lipinski definition) is 5. The van der Waals surface area contributed by atoms with Gasteiger partial charge in [0.25, 0.3) is 15.0 Å². The molecule has 5 nitrogen and oxygen atoms in total. The molecule has 17 heavy (non-hydrogen) atoms. The van der Waals surface area contributed by atoms with Gasteiger partial charge in [-0.05, 0) is 6.07 Å². The van der Waals surface area contributed by atoms with Gasteiger partial charge in [0.1, 0.15) is 4.21 Å². The van der Waals surface area contributed by atoms with Crippen LogP contribution in [0.4, 0.5) is 0 Å². The summed E-state index contributed by atoms with van der Waals surface area (Å²) in [4.78, 5) is 13.6. The number of nitrogens with zero attached hydrogens (tertiary/aromatic N) is 1. The van der Waals surface area contributed by atoms with Gasteiger partial charge in [-0.1, -0.05) is 0 Å². The van der Waals surface area contributed by atoms with Crippen LogP contribution in [0, 0.1) is 0 Å². The monoisotopic (exact) mass is 295 g/mol. The van der Waals surface area contributed by atoms with Gasteiger partial charge in [0.05, 0.1) is 18.8 Å². The minimum absolute atomic E-state index is 0.00391. The summed E-state index contributed by atoms with van der Waals surface area (Å²) in [5, 5.41) is 1.51. The predicted octanol–water partition coefficient (Wildman–Crippen LogP) is 1.15. The van der Waals surface area contributed by atoms with Crippen LogP contribution in [0.5, 0.6) is 0 Å². The molecule has 1 aliphatic heterocycles. The first-order chi connectivity index (χ1) is 7.98. The lowest BCUT2D eigenvalue weighted by atomic mass is 10.3. The first kappa shape index (κ1) is 12.8. The second kappa shape index (κ2) is 4.93. The van der Waals surface area contributed by atoms with Crippen molar-refractivity contribution >= 4 is 37.0 Å². The molecule has 1 aromatic heterocycles. The summed E-state index contributed by atoms with van der Waals surface area (Å²) in [7, 11) is 1.45. The van der Waals surface area contributed by atoms with Gasteiger partial charge in [-0.2, -0.15) is 0 Å². The average molecular weight is 296 g/mol. The van der Waals surface area contributed by atoms with Crippen molar-refractivity contribution in [3.8, 4) is 0 Å². The molecule has 2 rings (SSSR count). The molecule has 1 aromatic rings. The molecule has 94 valence electrons. The van der Waals surface area contributed by atoms with Gasteiger partial charge < -0.3 is 9.64 Å². The van der Waals surface area contributed by atoms with Gasteiger partial charge >= 0.3 is 0 Å². The molecule has 0 N–H and O–H groups in total. The molecule has 1 fully saturated rings. The Hall–Kier alpha value is -0.630. The van der Waals surface area contributed by atoms with Crippen LogP contribution in [0.1, 0.15) is 10.4 Å². The van der Waals surface area contributed by atoms with Crippen LogP contribution in [-0.2, 0) is 13.8 Å². The van der Waals surface area contributed by atoms with Crippen molar-refractivity contribution in [3.63, 3.8) is 0 Å². The third kappa shape index (κ3) is 2.98. The van der Waals surface area contributed by atoms with Crippen molar-refractivity contribution in [1.29, 1.82) is 0 Å². The van der Waals surface area contributed by atoms with E-state index < -0.39 is 9.05 Å². The first-order valence-corrected chi connectivity index (χ1v) is 8.07. The van der Waals surface area contributed by atoms with E-state index in [1.54, 1.807) is 4.90 Å². The number of amides is 1. The van der Waals surface area contributed by atoms with Gasteiger partial charge in [-0.3, -0.25) is 4.79 Å². The molecule has 0 spiro atoms. The molecule has 1 aliphatic rings. The van der Waals surface area contributed by atoms with E-state index in [-0.39, 0.29) is 10.1 Å². The standard InChI is InChI=1S/C9H10ClNO4S2/c10-17(13,14)8-5-7(6-16-8)9(12)11-1-3-15-4-2-11/h5-6H,1-4H2. The lowest BCUT2D eigenvalue weighted by molar-refractivity contribution is 0.0303. The van der Waals surface area contributed by atoms with Gasteiger partial charge in [0, 0.05) is 29.2 Å². The summed E-state index contributed by atoms with van der Waals surface area (Å²) in [5.74, 6) is -0.184. The molecule has 1 amide bonds. The maximum atomic E-state index is 12.0. The third-order valence-corrected chi connectivity index (χ3v) is 5.40. The van der Waals surface area contributed by atoms with Crippen LogP contribution in [0.3, 0.4) is 0 Å². The maximum absolute atomic E-state index is 12.0. The summed E-state index contributed by atoms with van der Waals surface area (Å²) in [6.07, 6.45) is 0. The number of carbonyl (C=O) groups excluding carboxylic acids is 1. The van der Waals surface area contributed by atoms with Gasteiger partial charge in [0.2, 0.25) is 0 Å². The highest BCUT2D eigenvalue weighted by atomic mass is 35.7. The van der Waals surface area contributed by atoms with Crippen LogP contribution in [0.25, 0.3) is 0 Å². The second-order valence-electron chi connectivity index (χ2n) is 3.50. The second-order valence-corrected chi connectivity index (χ2v) is 7.20. The normalized spacial score (nSPS) is 17.1. The molecular weight excluding hydrogens is 286 g/mol. The molecule has 2 heterocycles. The Labute approximate surface area is 107 Å². The van der Waals surface area contributed by atoms with E-state index in [1.165, 1.54) is 11.4 Å². The highest BCUT2D eigenvalue weighted by molar-refractivity contribution is 8.15. The smallest absolute Gasteiger partial charge is 0.270 e. The fraction of sp³-hybridized carbons (Fsp3) is 0.444. The number of ether oxygens (including phenoxy) is 1. The summed E-state index contributed by atoms with van der Waals surface area (Å²) in [5.41, 5.74) is 0.358. The Bertz CT molecular complexity index is 519. The topological polar surface area (TPSA) is 63.7 Å². The molecule has 0 bridgehead atoms. The van der Waals surface area contributed by atoms with Gasteiger partial charge in [-0.15, -0.1) is 11.3 Å². The Morgan fingerprint density at radius 3 is 2.59 bits per heavy atom. The number of thiophene rings is 1. The fourth-order valence-corrected chi connectivity index (χ4v) is 3.45. The number of halogens is 1. The van der Waals surface area contributed by atoms with Crippen molar-refractivity contribution in [3.05, 3.63) is 17.0 Å². The summed E-state index contributed by atoms with van der Waals surface area (Å²) in [6.45, 7) is 2.07. The predicted molar refractivity (Wildman–Crippen MR) is 64.1 cm³/mol. The molecule has 1 saturated heterocycles. The SMILES string of the molecule is O=C(c1csc(S(=O)(=O)Cl)c1)N1CCOCC1. The zero-order chi connectivity index (χ0) is 12.5. The summed E-state index contributed by atoms with van der Waals surface area (Å²) >= 11 is 0.950. The van der Waals surface area contributed by atoms with Crippen LogP contribution >= 0.6 is 22.0 Å². The summed E-state index contributed by atoms with van der Waals surface area (Å²) < 4.78 is 27.3. The van der Waals surface area contributed by atoms with Crippen molar-refractivity contribution < 1.29 is 17.9 Å². The van der Waals surface area contributed by atoms with Crippen LogP contribution in [0.15, 0.2) is 15.7 Å². The Morgan fingerprint density at radius 1 is 1.41 bits per heavy atom. The lowest BCUT2D eigenvalue weighted by Gasteiger charge is -2.26. The van der Waals surface area contributed by atoms with Crippen molar-refractivity contribution in [2.45, 2.75) is 4.21 Å². The maximum Gasteiger partial charge on any atom is 0.270 e. The molecule has 0 aliphatic carbocycles. The number of morpholine rings is 1. The highest BCUT2D eigenvalue weighted by Crippen LogP contribution is 2.24. The molecular formula is C9H10ClNO4S2. The molecule has 0 saturated carbocycles. The zero-order valence-corrected chi connectivity index (χ0v) is 11.1. The van der Waals surface area contributed by atoms with Crippen molar-refractivity contribution in [1.82, 2.24) is 4.90 Å². The lowest BCUT2D eigenvalue weighted by Crippen LogP contribution is -2.40. The minimum Gasteiger partial charge on any atom is -0.378 e. The Kier molecular flexibility index (Phi) is 3.72. The van der Waals surface area contributed by atoms with E-state index in [2.05, 4.69) is 0 Å². The molecule has 0 aromatic carbocycles. The van der Waals surface area contributed by atoms with Gasteiger partial charge in [0.15, 0.2) is 0 Å². The highest BCUT2D eigenvalue weighted by Gasteiger charge is 2.22. The molecule has 0 unspecified atom stereocenters. The van der Waals surface area contributed by atoms with E-state index in [0.29, 0.717) is 31.9 Å². The number of carbonyl (C=O) groups is 1. The van der Waals surface area contributed by atoms with E-state index in [1.807, 2.05) is 0 Å². The van der Waals surface area contributed by atoms with E-state index >= 15 is 0 Å². The number of hydrogen-bond donors (Lipinski definition) is 0. The molecule has 8 heteroatoms. The largest absolute Gasteiger partial charge is 0.378 e. The van der Waals surface area contributed by atoms with Crippen molar-refractivity contribution in [2.24, 2.45) is 0 Å². The first-order valence-electron chi connectivity index (χ1n) is 4.89. The Balaban J connectivity index is 2.17. The van der Waals surface area contributed by atoms with Crippen molar-refractivity contribution in [2.75, 3.05) is 26.3 Å². The van der Waals surface area contributed by atoms with E-state index in [0.717, 1.165) is 11.3 Å². The number of rotatable bonds is 2.